The van der Waals surface area contributed by atoms with Gasteiger partial charge in [-0.2, -0.15) is 5.26 Å². The van der Waals surface area contributed by atoms with Gasteiger partial charge in [-0.1, -0.05) is 0 Å². The Kier molecular flexibility index (Phi) is 4.75. The fraction of sp³-hybridized carbons (Fsp3) is 0.211. The molecule has 6 heteroatoms. The number of benzene rings is 2. The maximum Gasteiger partial charge on any atom is 0.249 e. The van der Waals surface area contributed by atoms with E-state index in [1.165, 1.54) is 24.3 Å². The van der Waals surface area contributed by atoms with Crippen molar-refractivity contribution in [3.63, 3.8) is 0 Å². The Morgan fingerprint density at radius 1 is 1.08 bits per heavy atom. The lowest BCUT2D eigenvalue weighted by atomic mass is 10.0. The molecule has 1 aliphatic carbocycles. The van der Waals surface area contributed by atoms with E-state index < -0.39 is 11.8 Å². The zero-order valence-electron chi connectivity index (χ0n) is 13.2. The minimum absolute atomic E-state index is 0.151. The molecule has 0 saturated heterocycles. The fourth-order valence-corrected chi connectivity index (χ4v) is 2.31. The summed E-state index contributed by atoms with van der Waals surface area (Å²) < 4.78 is 18.4. The van der Waals surface area contributed by atoms with Crippen LogP contribution in [0.1, 0.15) is 12.8 Å². The summed E-state index contributed by atoms with van der Waals surface area (Å²) >= 11 is 0. The maximum absolute atomic E-state index is 12.9. The number of nitrogens with one attached hydrogen (secondary N) is 1. The number of hydrogen-bond acceptors (Lipinski definition) is 4. The van der Waals surface area contributed by atoms with E-state index in [0.717, 1.165) is 12.8 Å². The van der Waals surface area contributed by atoms with Gasteiger partial charge in [-0.15, -0.1) is 0 Å². The van der Waals surface area contributed by atoms with E-state index in [-0.39, 0.29) is 17.5 Å². The van der Waals surface area contributed by atoms with Crippen LogP contribution in [0.25, 0.3) is 0 Å². The second kappa shape index (κ2) is 7.14. The second-order valence-electron chi connectivity index (χ2n) is 5.81. The summed E-state index contributed by atoms with van der Waals surface area (Å²) in [5, 5.41) is 11.6. The fourth-order valence-electron chi connectivity index (χ4n) is 2.31. The van der Waals surface area contributed by atoms with Crippen LogP contribution in [0.4, 0.5) is 10.1 Å². The summed E-state index contributed by atoms with van der Waals surface area (Å²) in [6, 6.07) is 13.8. The number of nitrogens with zero attached hydrogens (tertiary/aromatic N) is 1. The second-order valence-corrected chi connectivity index (χ2v) is 5.81. The van der Waals surface area contributed by atoms with Crippen LogP contribution >= 0.6 is 0 Å². The Morgan fingerprint density at radius 2 is 1.64 bits per heavy atom. The van der Waals surface area contributed by atoms with Crippen molar-refractivity contribution in [3.8, 4) is 17.6 Å². The number of carbonyl (C=O) groups excluding carboxylic acids is 2. The molecule has 0 radical (unpaired) electrons. The van der Waals surface area contributed by atoms with Gasteiger partial charge in [0.25, 0.3) is 0 Å². The summed E-state index contributed by atoms with van der Waals surface area (Å²) in [5.41, 5.74) is 0.459. The third-order valence-corrected chi connectivity index (χ3v) is 3.83. The van der Waals surface area contributed by atoms with E-state index in [9.17, 15) is 14.0 Å². The number of halogens is 1. The van der Waals surface area contributed by atoms with Crippen molar-refractivity contribution in [1.29, 1.82) is 5.26 Å². The largest absolute Gasteiger partial charge is 0.457 e. The first-order valence-corrected chi connectivity index (χ1v) is 7.84. The Labute approximate surface area is 144 Å². The van der Waals surface area contributed by atoms with Crippen molar-refractivity contribution < 1.29 is 18.7 Å². The number of ether oxygens (including phenoxy) is 1. The predicted molar refractivity (Wildman–Crippen MR) is 88.4 cm³/mol. The molecule has 1 amide bonds. The monoisotopic (exact) mass is 338 g/mol. The van der Waals surface area contributed by atoms with Crippen LogP contribution < -0.4 is 10.1 Å². The zero-order valence-corrected chi connectivity index (χ0v) is 13.2. The third kappa shape index (κ3) is 4.21. The van der Waals surface area contributed by atoms with E-state index >= 15 is 0 Å². The molecular formula is C19H15FN2O3. The standard InChI is InChI=1S/C19H15FN2O3/c20-13-3-7-15(8-4-13)25-16-9-5-14(6-10-16)22-19(24)17(11-21)18(23)12-1-2-12/h3-10,12,17H,1-2H2,(H,22,24). The van der Waals surface area contributed by atoms with Gasteiger partial charge in [0.1, 0.15) is 17.3 Å². The predicted octanol–water partition coefficient (Wildman–Crippen LogP) is 3.68. The summed E-state index contributed by atoms with van der Waals surface area (Å²) in [7, 11) is 0. The van der Waals surface area contributed by atoms with Gasteiger partial charge in [-0.3, -0.25) is 9.59 Å². The maximum atomic E-state index is 12.9. The molecule has 1 atom stereocenters. The Balaban J connectivity index is 1.61. The molecule has 25 heavy (non-hydrogen) atoms. The normalized spacial score (nSPS) is 14.2. The molecule has 0 heterocycles. The van der Waals surface area contributed by atoms with Crippen LogP contribution in [0.2, 0.25) is 0 Å². The van der Waals surface area contributed by atoms with Gasteiger partial charge >= 0.3 is 0 Å². The molecule has 1 aliphatic rings. The minimum Gasteiger partial charge on any atom is -0.457 e. The number of amides is 1. The van der Waals surface area contributed by atoms with Crippen molar-refractivity contribution in [3.05, 3.63) is 54.3 Å². The van der Waals surface area contributed by atoms with E-state index in [0.29, 0.717) is 17.2 Å². The van der Waals surface area contributed by atoms with E-state index in [2.05, 4.69) is 5.32 Å². The summed E-state index contributed by atoms with van der Waals surface area (Å²) in [5.74, 6) is -1.71. The van der Waals surface area contributed by atoms with Crippen LogP contribution in [0.3, 0.4) is 0 Å². The Bertz CT molecular complexity index is 821. The highest BCUT2D eigenvalue weighted by Crippen LogP contribution is 2.32. The molecule has 2 aromatic carbocycles. The van der Waals surface area contributed by atoms with Crippen LogP contribution in [0.15, 0.2) is 48.5 Å². The van der Waals surface area contributed by atoms with Gasteiger partial charge in [0.2, 0.25) is 5.91 Å². The van der Waals surface area contributed by atoms with E-state index in [1.54, 1.807) is 30.3 Å². The van der Waals surface area contributed by atoms with Crippen molar-refractivity contribution in [2.24, 2.45) is 11.8 Å². The molecule has 0 bridgehead atoms. The van der Waals surface area contributed by atoms with Gasteiger partial charge in [-0.05, 0) is 61.4 Å². The first-order chi connectivity index (χ1) is 12.1. The summed E-state index contributed by atoms with van der Waals surface area (Å²) in [6.45, 7) is 0. The molecule has 2 aromatic rings. The Hall–Kier alpha value is -3.20. The molecule has 1 N–H and O–H groups in total. The van der Waals surface area contributed by atoms with E-state index in [4.69, 9.17) is 10.00 Å². The SMILES string of the molecule is N#CC(C(=O)Nc1ccc(Oc2ccc(F)cc2)cc1)C(=O)C1CC1. The highest BCUT2D eigenvalue weighted by Gasteiger charge is 2.38. The summed E-state index contributed by atoms with van der Waals surface area (Å²) in [6.07, 6.45) is 1.50. The minimum atomic E-state index is -1.28. The van der Waals surface area contributed by atoms with E-state index in [1.807, 2.05) is 0 Å². The average molecular weight is 338 g/mol. The van der Waals surface area contributed by atoms with Crippen molar-refractivity contribution in [1.82, 2.24) is 0 Å². The highest BCUT2D eigenvalue weighted by molar-refractivity contribution is 6.10. The lowest BCUT2D eigenvalue weighted by molar-refractivity contribution is -0.129. The van der Waals surface area contributed by atoms with Gasteiger partial charge < -0.3 is 10.1 Å². The molecule has 1 fully saturated rings. The van der Waals surface area contributed by atoms with Crippen molar-refractivity contribution in [2.75, 3.05) is 5.32 Å². The Morgan fingerprint density at radius 3 is 2.16 bits per heavy atom. The average Bonchev–Trinajstić information content (AvgIpc) is 3.44. The van der Waals surface area contributed by atoms with Crippen molar-refractivity contribution >= 4 is 17.4 Å². The molecule has 0 aromatic heterocycles. The molecule has 126 valence electrons. The lowest BCUT2D eigenvalue weighted by Gasteiger charge is -2.10. The molecule has 1 saturated carbocycles. The zero-order chi connectivity index (χ0) is 17.8. The van der Waals surface area contributed by atoms with Gasteiger partial charge in [-0.25, -0.2) is 4.39 Å². The smallest absolute Gasteiger partial charge is 0.249 e. The van der Waals surface area contributed by atoms with Gasteiger partial charge in [0.15, 0.2) is 11.7 Å². The topological polar surface area (TPSA) is 79.2 Å². The van der Waals surface area contributed by atoms with Crippen LogP contribution in [0, 0.1) is 29.0 Å². The number of rotatable bonds is 6. The molecule has 5 nitrogen and oxygen atoms in total. The molecule has 1 unspecified atom stereocenters. The molecule has 0 aliphatic heterocycles. The van der Waals surface area contributed by atoms with Crippen LogP contribution in [-0.4, -0.2) is 11.7 Å². The van der Waals surface area contributed by atoms with Crippen LogP contribution in [-0.2, 0) is 9.59 Å². The molecule has 3 rings (SSSR count). The number of carbonyl (C=O) groups is 2. The number of nitriles is 1. The molecular weight excluding hydrogens is 323 g/mol. The lowest BCUT2D eigenvalue weighted by Crippen LogP contribution is -2.29. The third-order valence-electron chi connectivity index (χ3n) is 3.83. The van der Waals surface area contributed by atoms with Crippen molar-refractivity contribution in [2.45, 2.75) is 12.8 Å². The first-order valence-electron chi connectivity index (χ1n) is 7.84. The number of hydrogen-bond donors (Lipinski definition) is 1. The number of Topliss-reactive ketones (excluding diaryl/α,β-unsaturated/α-hetero) is 1. The number of ketones is 1. The van der Waals surface area contributed by atoms with Gasteiger partial charge in [0.05, 0.1) is 6.07 Å². The quantitative estimate of drug-likeness (QED) is 0.815. The molecule has 0 spiro atoms. The van der Waals surface area contributed by atoms with Gasteiger partial charge in [0, 0.05) is 11.6 Å². The summed E-state index contributed by atoms with van der Waals surface area (Å²) in [4.78, 5) is 24.0. The number of anilines is 1. The first kappa shape index (κ1) is 16.7. The highest BCUT2D eigenvalue weighted by atomic mass is 19.1. The van der Waals surface area contributed by atoms with Crippen LogP contribution in [0.5, 0.6) is 11.5 Å².